The van der Waals surface area contributed by atoms with Gasteiger partial charge in [-0.15, -0.1) is 0 Å². The molecular weight excluding hydrogens is 176 g/mol. The third-order valence-corrected chi connectivity index (χ3v) is 2.35. The van der Waals surface area contributed by atoms with E-state index in [4.69, 9.17) is 9.47 Å². The predicted octanol–water partition coefficient (Wildman–Crippen LogP) is 2.99. The Balaban J connectivity index is 2.11. The average molecular weight is 198 g/mol. The topological polar surface area (TPSA) is 18.5 Å². The molecule has 2 heteroatoms. The molecule has 82 valence electrons. The first-order valence-corrected chi connectivity index (χ1v) is 5.58. The van der Waals surface area contributed by atoms with Crippen LogP contribution in [0.15, 0.2) is 12.2 Å². The zero-order chi connectivity index (χ0) is 10.4. The molecule has 1 saturated heterocycles. The first-order valence-electron chi connectivity index (χ1n) is 5.58. The summed E-state index contributed by atoms with van der Waals surface area (Å²) in [6.07, 6.45) is 6.55. The van der Waals surface area contributed by atoms with Crippen molar-refractivity contribution in [3.05, 3.63) is 12.2 Å². The van der Waals surface area contributed by atoms with Crippen LogP contribution in [0, 0.1) is 11.8 Å². The van der Waals surface area contributed by atoms with Gasteiger partial charge < -0.3 is 9.47 Å². The van der Waals surface area contributed by atoms with E-state index in [1.165, 1.54) is 6.42 Å². The molecule has 1 heterocycles. The summed E-state index contributed by atoms with van der Waals surface area (Å²) in [4.78, 5) is 0. The molecule has 1 rings (SSSR count). The highest BCUT2D eigenvalue weighted by molar-refractivity contribution is 4.87. The van der Waals surface area contributed by atoms with E-state index in [1.807, 2.05) is 6.08 Å². The van der Waals surface area contributed by atoms with Gasteiger partial charge in [-0.05, 0) is 30.8 Å². The molecular formula is C12H22O2. The largest absolute Gasteiger partial charge is 0.347 e. The highest BCUT2D eigenvalue weighted by Gasteiger charge is 2.11. The zero-order valence-electron chi connectivity index (χ0n) is 9.53. The van der Waals surface area contributed by atoms with Crippen LogP contribution < -0.4 is 0 Å². The van der Waals surface area contributed by atoms with E-state index in [2.05, 4.69) is 26.8 Å². The summed E-state index contributed by atoms with van der Waals surface area (Å²) in [5, 5.41) is 0. The lowest BCUT2D eigenvalue weighted by Gasteiger charge is -2.11. The third-order valence-electron chi connectivity index (χ3n) is 2.35. The lowest BCUT2D eigenvalue weighted by Crippen LogP contribution is -2.03. The molecule has 0 N–H and O–H groups in total. The maximum atomic E-state index is 5.31. The van der Waals surface area contributed by atoms with Crippen molar-refractivity contribution in [1.29, 1.82) is 0 Å². The van der Waals surface area contributed by atoms with Crippen LogP contribution >= 0.6 is 0 Å². The van der Waals surface area contributed by atoms with Crippen LogP contribution in [-0.2, 0) is 9.47 Å². The average Bonchev–Trinajstić information content (AvgIpc) is 2.55. The monoisotopic (exact) mass is 198 g/mol. The summed E-state index contributed by atoms with van der Waals surface area (Å²) in [7, 11) is 0. The number of hydrogen-bond acceptors (Lipinski definition) is 2. The Morgan fingerprint density at radius 2 is 1.86 bits per heavy atom. The predicted molar refractivity (Wildman–Crippen MR) is 58.1 cm³/mol. The van der Waals surface area contributed by atoms with Crippen LogP contribution in [0.4, 0.5) is 0 Å². The maximum Gasteiger partial charge on any atom is 0.177 e. The van der Waals surface area contributed by atoms with E-state index < -0.39 is 0 Å². The maximum absolute atomic E-state index is 5.31. The molecule has 0 spiro atoms. The zero-order valence-corrected chi connectivity index (χ0v) is 9.53. The Hall–Kier alpha value is -0.340. The summed E-state index contributed by atoms with van der Waals surface area (Å²) in [6.45, 7) is 8.29. The van der Waals surface area contributed by atoms with Gasteiger partial charge in [-0.2, -0.15) is 0 Å². The minimum Gasteiger partial charge on any atom is -0.347 e. The minimum absolute atomic E-state index is 0.0822. The van der Waals surface area contributed by atoms with Crippen molar-refractivity contribution >= 4 is 0 Å². The van der Waals surface area contributed by atoms with Crippen molar-refractivity contribution in [1.82, 2.24) is 0 Å². The van der Waals surface area contributed by atoms with E-state index >= 15 is 0 Å². The normalized spacial score (nSPS) is 21.1. The number of ether oxygens (including phenoxy) is 2. The molecule has 0 radical (unpaired) electrons. The molecule has 14 heavy (non-hydrogen) atoms. The molecule has 0 aliphatic carbocycles. The first kappa shape index (κ1) is 11.7. The van der Waals surface area contributed by atoms with E-state index in [0.717, 1.165) is 31.5 Å². The molecule has 0 aromatic heterocycles. The molecule has 1 fully saturated rings. The summed E-state index contributed by atoms with van der Waals surface area (Å²) in [5.41, 5.74) is 0. The Morgan fingerprint density at radius 3 is 2.43 bits per heavy atom. The van der Waals surface area contributed by atoms with Gasteiger partial charge in [0.15, 0.2) is 6.29 Å². The van der Waals surface area contributed by atoms with Crippen molar-refractivity contribution < 1.29 is 9.47 Å². The fourth-order valence-corrected chi connectivity index (χ4v) is 1.81. The highest BCUT2D eigenvalue weighted by Crippen LogP contribution is 2.15. The van der Waals surface area contributed by atoms with Crippen LogP contribution in [0.2, 0.25) is 0 Å². The second-order valence-electron chi connectivity index (χ2n) is 4.51. The molecule has 1 atom stereocenters. The van der Waals surface area contributed by atoms with Gasteiger partial charge in [0.25, 0.3) is 0 Å². The van der Waals surface area contributed by atoms with Crippen molar-refractivity contribution in [3.8, 4) is 0 Å². The quantitative estimate of drug-likeness (QED) is 0.632. The van der Waals surface area contributed by atoms with E-state index in [0.29, 0.717) is 0 Å². The standard InChI is InChI=1S/C12H22O2/c1-10(2)9-11(3)5-4-6-12-13-7-8-14-12/h4,6,10-12H,5,7-9H2,1-3H3. The van der Waals surface area contributed by atoms with Gasteiger partial charge in [-0.3, -0.25) is 0 Å². The van der Waals surface area contributed by atoms with Gasteiger partial charge in [0.1, 0.15) is 0 Å². The second-order valence-corrected chi connectivity index (χ2v) is 4.51. The van der Waals surface area contributed by atoms with Gasteiger partial charge in [0.05, 0.1) is 13.2 Å². The minimum atomic E-state index is -0.0822. The lowest BCUT2D eigenvalue weighted by molar-refractivity contribution is -0.00178. The van der Waals surface area contributed by atoms with Gasteiger partial charge in [-0.25, -0.2) is 0 Å². The lowest BCUT2D eigenvalue weighted by atomic mass is 9.96. The number of rotatable bonds is 5. The molecule has 0 aromatic carbocycles. The fourth-order valence-electron chi connectivity index (χ4n) is 1.81. The van der Waals surface area contributed by atoms with Gasteiger partial charge in [-0.1, -0.05) is 26.8 Å². The summed E-state index contributed by atoms with van der Waals surface area (Å²) >= 11 is 0. The SMILES string of the molecule is CC(C)CC(C)CC=CC1OCCO1. The van der Waals surface area contributed by atoms with Crippen LogP contribution in [-0.4, -0.2) is 19.5 Å². The van der Waals surface area contributed by atoms with Gasteiger partial charge in [0.2, 0.25) is 0 Å². The van der Waals surface area contributed by atoms with Gasteiger partial charge in [0, 0.05) is 0 Å². The Kier molecular flexibility index (Phi) is 5.20. The van der Waals surface area contributed by atoms with E-state index in [-0.39, 0.29) is 6.29 Å². The smallest absolute Gasteiger partial charge is 0.177 e. The number of hydrogen-bond donors (Lipinski definition) is 0. The van der Waals surface area contributed by atoms with Crippen molar-refractivity contribution in [2.45, 2.75) is 39.9 Å². The van der Waals surface area contributed by atoms with Crippen LogP contribution in [0.3, 0.4) is 0 Å². The van der Waals surface area contributed by atoms with Crippen LogP contribution in [0.1, 0.15) is 33.6 Å². The fraction of sp³-hybridized carbons (Fsp3) is 0.833. The Labute approximate surface area is 87.3 Å². The first-order chi connectivity index (χ1) is 6.68. The summed E-state index contributed by atoms with van der Waals surface area (Å²) in [5.74, 6) is 1.55. The second kappa shape index (κ2) is 6.20. The van der Waals surface area contributed by atoms with Crippen molar-refractivity contribution in [2.75, 3.05) is 13.2 Å². The Bertz CT molecular complexity index is 169. The molecule has 0 saturated carbocycles. The molecule has 1 unspecified atom stereocenters. The van der Waals surface area contributed by atoms with Crippen LogP contribution in [0.25, 0.3) is 0 Å². The molecule has 1 aliphatic rings. The highest BCUT2D eigenvalue weighted by atomic mass is 16.7. The number of allylic oxidation sites excluding steroid dienone is 1. The molecule has 2 nitrogen and oxygen atoms in total. The van der Waals surface area contributed by atoms with Gasteiger partial charge >= 0.3 is 0 Å². The van der Waals surface area contributed by atoms with Crippen molar-refractivity contribution in [2.24, 2.45) is 11.8 Å². The van der Waals surface area contributed by atoms with Crippen LogP contribution in [0.5, 0.6) is 0 Å². The Morgan fingerprint density at radius 1 is 1.21 bits per heavy atom. The molecule has 0 amide bonds. The molecule has 1 aliphatic heterocycles. The molecule has 0 bridgehead atoms. The van der Waals surface area contributed by atoms with Crippen molar-refractivity contribution in [3.63, 3.8) is 0 Å². The van der Waals surface area contributed by atoms with E-state index in [1.54, 1.807) is 0 Å². The summed E-state index contributed by atoms with van der Waals surface area (Å²) in [6, 6.07) is 0. The third kappa shape index (κ3) is 4.77. The van der Waals surface area contributed by atoms with E-state index in [9.17, 15) is 0 Å². The summed E-state index contributed by atoms with van der Waals surface area (Å²) < 4.78 is 10.6. The molecule has 0 aromatic rings.